The number of phenolic OH excluding ortho intramolecular Hbond substituents is 1. The van der Waals surface area contributed by atoms with Crippen LogP contribution in [0.15, 0.2) is 24.8 Å². The van der Waals surface area contributed by atoms with Crippen LogP contribution >= 0.6 is 0 Å². The highest BCUT2D eigenvalue weighted by molar-refractivity contribution is 5.46. The van der Waals surface area contributed by atoms with Crippen LogP contribution < -0.4 is 5.32 Å². The summed E-state index contributed by atoms with van der Waals surface area (Å²) in [6, 6.07) is 3.77. The second-order valence-corrected chi connectivity index (χ2v) is 6.91. The summed E-state index contributed by atoms with van der Waals surface area (Å²) >= 11 is 0. The predicted molar refractivity (Wildman–Crippen MR) is 98.0 cm³/mol. The van der Waals surface area contributed by atoms with Gasteiger partial charge >= 0.3 is 0 Å². The maximum Gasteiger partial charge on any atom is 0.118 e. The van der Waals surface area contributed by atoms with E-state index in [2.05, 4.69) is 32.7 Å². The smallest absolute Gasteiger partial charge is 0.118 e. The lowest BCUT2D eigenvalue weighted by Crippen LogP contribution is -2.39. The SMILES string of the molecule is C=CCNC[C@@H]1O[C@H](C(C)(C)C)Cc2c1ccc(O)c2C.CC. The summed E-state index contributed by atoms with van der Waals surface area (Å²) in [4.78, 5) is 0. The first-order valence-corrected chi connectivity index (χ1v) is 8.63. The molecular weight excluding hydrogens is 286 g/mol. The van der Waals surface area contributed by atoms with E-state index in [1.54, 1.807) is 6.07 Å². The third-order valence-corrected chi connectivity index (χ3v) is 4.26. The molecule has 1 aliphatic heterocycles. The van der Waals surface area contributed by atoms with Crippen LogP contribution in [-0.2, 0) is 11.2 Å². The predicted octanol–water partition coefficient (Wildman–Crippen LogP) is 4.53. The fourth-order valence-electron chi connectivity index (χ4n) is 2.83. The molecule has 0 saturated heterocycles. The highest BCUT2D eigenvalue weighted by atomic mass is 16.5. The van der Waals surface area contributed by atoms with Gasteiger partial charge in [0, 0.05) is 13.1 Å². The summed E-state index contributed by atoms with van der Waals surface area (Å²) in [6.07, 6.45) is 2.89. The number of nitrogens with one attached hydrogen (secondary N) is 1. The largest absolute Gasteiger partial charge is 0.508 e. The Morgan fingerprint density at radius 2 is 2.00 bits per heavy atom. The van der Waals surface area contributed by atoms with E-state index in [4.69, 9.17) is 4.74 Å². The van der Waals surface area contributed by atoms with Crippen LogP contribution in [-0.4, -0.2) is 24.3 Å². The molecule has 2 rings (SSSR count). The Balaban J connectivity index is 0.00000127. The Morgan fingerprint density at radius 1 is 1.35 bits per heavy atom. The molecule has 0 spiro atoms. The Labute approximate surface area is 141 Å². The number of hydrogen-bond donors (Lipinski definition) is 2. The van der Waals surface area contributed by atoms with Crippen molar-refractivity contribution in [3.63, 3.8) is 0 Å². The number of aromatic hydroxyl groups is 1. The van der Waals surface area contributed by atoms with Gasteiger partial charge in [-0.25, -0.2) is 0 Å². The van der Waals surface area contributed by atoms with Crippen molar-refractivity contribution in [1.29, 1.82) is 0 Å². The molecule has 23 heavy (non-hydrogen) atoms. The number of benzene rings is 1. The molecule has 0 amide bonds. The molecule has 3 nitrogen and oxygen atoms in total. The molecule has 0 fully saturated rings. The average Bonchev–Trinajstić information content (AvgIpc) is 2.52. The van der Waals surface area contributed by atoms with Crippen molar-refractivity contribution in [3.05, 3.63) is 41.5 Å². The summed E-state index contributed by atoms with van der Waals surface area (Å²) in [7, 11) is 0. The summed E-state index contributed by atoms with van der Waals surface area (Å²) < 4.78 is 6.34. The van der Waals surface area contributed by atoms with Crippen molar-refractivity contribution in [2.45, 2.75) is 60.2 Å². The van der Waals surface area contributed by atoms with Crippen molar-refractivity contribution in [2.75, 3.05) is 13.1 Å². The monoisotopic (exact) mass is 319 g/mol. The van der Waals surface area contributed by atoms with Gasteiger partial charge in [0.1, 0.15) is 5.75 Å². The first kappa shape index (κ1) is 19.7. The summed E-state index contributed by atoms with van der Waals surface area (Å²) in [5.74, 6) is 0.376. The Morgan fingerprint density at radius 3 is 2.57 bits per heavy atom. The topological polar surface area (TPSA) is 41.5 Å². The van der Waals surface area contributed by atoms with E-state index in [-0.39, 0.29) is 17.6 Å². The van der Waals surface area contributed by atoms with Crippen molar-refractivity contribution in [2.24, 2.45) is 5.41 Å². The molecule has 1 aliphatic rings. The van der Waals surface area contributed by atoms with E-state index < -0.39 is 0 Å². The first-order chi connectivity index (χ1) is 10.8. The zero-order valence-electron chi connectivity index (χ0n) is 15.6. The molecule has 0 radical (unpaired) electrons. The summed E-state index contributed by atoms with van der Waals surface area (Å²) in [5, 5.41) is 13.3. The molecule has 0 unspecified atom stereocenters. The second kappa shape index (κ2) is 8.51. The van der Waals surface area contributed by atoms with E-state index in [0.29, 0.717) is 5.75 Å². The Hall–Kier alpha value is -1.32. The first-order valence-electron chi connectivity index (χ1n) is 8.63. The molecule has 2 N–H and O–H groups in total. The van der Waals surface area contributed by atoms with Gasteiger partial charge in [-0.2, -0.15) is 0 Å². The lowest BCUT2D eigenvalue weighted by atomic mass is 9.80. The Bertz CT molecular complexity index is 517. The number of rotatable bonds is 4. The van der Waals surface area contributed by atoms with Crippen LogP contribution in [0.1, 0.15) is 57.4 Å². The lowest BCUT2D eigenvalue weighted by Gasteiger charge is -2.40. The zero-order chi connectivity index (χ0) is 17.6. The standard InChI is InChI=1S/C18H27NO2.C2H6/c1-6-9-19-11-16-13-7-8-15(20)12(2)14(13)10-17(21-16)18(3,4)5;1-2/h6-8,16-17,19-20H,1,9-11H2,2-5H3;1-2H3/t16-,17-;/m0./s1. The molecule has 1 aromatic rings. The number of hydrogen-bond acceptors (Lipinski definition) is 3. The van der Waals surface area contributed by atoms with E-state index in [0.717, 1.165) is 25.1 Å². The van der Waals surface area contributed by atoms with Crippen molar-refractivity contribution >= 4 is 0 Å². The van der Waals surface area contributed by atoms with Crippen molar-refractivity contribution in [1.82, 2.24) is 5.32 Å². The van der Waals surface area contributed by atoms with Gasteiger partial charge < -0.3 is 15.2 Å². The number of fused-ring (bicyclic) bond motifs is 1. The van der Waals surface area contributed by atoms with Gasteiger partial charge in [-0.3, -0.25) is 0 Å². The quantitative estimate of drug-likeness (QED) is 0.633. The van der Waals surface area contributed by atoms with Gasteiger partial charge in [0.25, 0.3) is 0 Å². The zero-order valence-corrected chi connectivity index (χ0v) is 15.6. The van der Waals surface area contributed by atoms with Gasteiger partial charge in [-0.05, 0) is 41.5 Å². The van der Waals surface area contributed by atoms with Gasteiger partial charge in [-0.15, -0.1) is 6.58 Å². The molecule has 0 bridgehead atoms. The van der Waals surface area contributed by atoms with Crippen LogP contribution in [0.5, 0.6) is 5.75 Å². The second-order valence-electron chi connectivity index (χ2n) is 6.91. The normalized spacial score (nSPS) is 20.3. The minimum Gasteiger partial charge on any atom is -0.508 e. The molecule has 3 heteroatoms. The van der Waals surface area contributed by atoms with E-state index >= 15 is 0 Å². The van der Waals surface area contributed by atoms with E-state index in [1.165, 1.54) is 11.1 Å². The molecule has 0 aromatic heterocycles. The lowest BCUT2D eigenvalue weighted by molar-refractivity contribution is -0.0770. The minimum atomic E-state index is 0.0252. The van der Waals surface area contributed by atoms with Crippen LogP contribution in [0.25, 0.3) is 0 Å². The molecule has 1 heterocycles. The average molecular weight is 319 g/mol. The summed E-state index contributed by atoms with van der Waals surface area (Å²) in [6.45, 7) is 17.9. The maximum absolute atomic E-state index is 10.00. The van der Waals surface area contributed by atoms with Gasteiger partial charge in [0.15, 0.2) is 0 Å². The molecule has 2 atom stereocenters. The highest BCUT2D eigenvalue weighted by Gasteiger charge is 2.35. The molecule has 1 aromatic carbocycles. The van der Waals surface area contributed by atoms with Gasteiger partial charge in [0.2, 0.25) is 0 Å². The molecule has 0 aliphatic carbocycles. The van der Waals surface area contributed by atoms with Crippen molar-refractivity contribution in [3.8, 4) is 5.75 Å². The van der Waals surface area contributed by atoms with Crippen LogP contribution in [0.3, 0.4) is 0 Å². The molecule has 0 saturated carbocycles. The van der Waals surface area contributed by atoms with Crippen molar-refractivity contribution < 1.29 is 9.84 Å². The van der Waals surface area contributed by atoms with Crippen LogP contribution in [0.2, 0.25) is 0 Å². The Kier molecular flexibility index (Phi) is 7.30. The number of ether oxygens (including phenoxy) is 1. The third kappa shape index (κ3) is 4.82. The van der Waals surface area contributed by atoms with Crippen LogP contribution in [0, 0.1) is 12.3 Å². The molecule has 130 valence electrons. The maximum atomic E-state index is 10.00. The van der Waals surface area contributed by atoms with Gasteiger partial charge in [0.05, 0.1) is 12.2 Å². The third-order valence-electron chi connectivity index (χ3n) is 4.26. The minimum absolute atomic E-state index is 0.0252. The fourth-order valence-corrected chi connectivity index (χ4v) is 2.83. The van der Waals surface area contributed by atoms with Crippen LogP contribution in [0.4, 0.5) is 0 Å². The fraction of sp³-hybridized carbons (Fsp3) is 0.600. The highest BCUT2D eigenvalue weighted by Crippen LogP contribution is 2.40. The van der Waals surface area contributed by atoms with Gasteiger partial charge in [-0.1, -0.05) is 46.8 Å². The molecular formula is C20H33NO2. The van der Waals surface area contributed by atoms with E-state index in [9.17, 15) is 5.11 Å². The summed E-state index contributed by atoms with van der Waals surface area (Å²) in [5.41, 5.74) is 3.50. The van der Waals surface area contributed by atoms with E-state index in [1.807, 2.05) is 32.9 Å². The number of phenols is 1.